The Bertz CT molecular complexity index is 719. The topological polar surface area (TPSA) is 42.0 Å². The molecule has 0 atom stereocenters. The molecule has 1 heterocycles. The number of pyridine rings is 1. The van der Waals surface area contributed by atoms with Gasteiger partial charge in [-0.05, 0) is 16.4 Å². The Morgan fingerprint density at radius 3 is 2.09 bits per heavy atom. The first-order valence-electron chi connectivity index (χ1n) is 7.72. The van der Waals surface area contributed by atoms with Gasteiger partial charge in [0.1, 0.15) is 0 Å². The predicted octanol–water partition coefficient (Wildman–Crippen LogP) is 4.79. The van der Waals surface area contributed by atoms with Gasteiger partial charge < -0.3 is 5.32 Å². The van der Waals surface area contributed by atoms with Crippen LogP contribution in [-0.2, 0) is 15.6 Å². The molecule has 0 radical (unpaired) electrons. The van der Waals surface area contributed by atoms with Gasteiger partial charge in [-0.2, -0.15) is 0 Å². The van der Waals surface area contributed by atoms with Gasteiger partial charge in [0, 0.05) is 24.1 Å². The molecule has 0 saturated heterocycles. The van der Waals surface area contributed by atoms with E-state index in [1.807, 2.05) is 18.3 Å². The van der Waals surface area contributed by atoms with Crippen molar-refractivity contribution in [3.05, 3.63) is 35.5 Å². The summed E-state index contributed by atoms with van der Waals surface area (Å²) < 4.78 is 0. The van der Waals surface area contributed by atoms with E-state index in [1.54, 1.807) is 6.92 Å². The largest absolute Gasteiger partial charge is 0.325 e. The van der Waals surface area contributed by atoms with E-state index in [2.05, 4.69) is 52.9 Å². The summed E-state index contributed by atoms with van der Waals surface area (Å²) in [7, 11) is 0. The highest BCUT2D eigenvalue weighted by molar-refractivity contribution is 6.02. The van der Waals surface area contributed by atoms with Crippen molar-refractivity contribution < 1.29 is 4.79 Å². The second-order valence-electron chi connectivity index (χ2n) is 7.93. The van der Waals surface area contributed by atoms with E-state index in [4.69, 9.17) is 4.98 Å². The van der Waals surface area contributed by atoms with Crippen LogP contribution in [0.25, 0.3) is 10.9 Å². The van der Waals surface area contributed by atoms with Gasteiger partial charge in [-0.25, -0.2) is 0 Å². The molecule has 0 aliphatic heterocycles. The molecular weight excluding hydrogens is 272 g/mol. The highest BCUT2D eigenvalue weighted by atomic mass is 16.1. The van der Waals surface area contributed by atoms with Crippen molar-refractivity contribution in [2.75, 3.05) is 5.32 Å². The normalized spacial score (nSPS) is 12.5. The maximum atomic E-state index is 11.7. The molecule has 0 fully saturated rings. The second kappa shape index (κ2) is 5.38. The van der Waals surface area contributed by atoms with Crippen molar-refractivity contribution in [2.45, 2.75) is 59.3 Å². The van der Waals surface area contributed by atoms with Crippen LogP contribution in [0, 0.1) is 0 Å². The molecule has 22 heavy (non-hydrogen) atoms. The first-order chi connectivity index (χ1) is 10.0. The van der Waals surface area contributed by atoms with E-state index in [1.165, 1.54) is 5.56 Å². The molecule has 1 aromatic carbocycles. The monoisotopic (exact) mass is 298 g/mol. The molecule has 3 heteroatoms. The zero-order valence-electron chi connectivity index (χ0n) is 14.7. The van der Waals surface area contributed by atoms with Crippen molar-refractivity contribution in [3.8, 4) is 0 Å². The first-order valence-corrected chi connectivity index (χ1v) is 7.72. The average Bonchev–Trinajstić information content (AvgIpc) is 2.35. The number of nitrogens with zero attached hydrogens (tertiary/aromatic N) is 1. The lowest BCUT2D eigenvalue weighted by atomic mass is 9.82. The van der Waals surface area contributed by atoms with Crippen LogP contribution in [-0.4, -0.2) is 10.9 Å². The molecular formula is C19H26N2O. The Morgan fingerprint density at radius 1 is 1.00 bits per heavy atom. The van der Waals surface area contributed by atoms with Crippen molar-refractivity contribution >= 4 is 22.5 Å². The van der Waals surface area contributed by atoms with Crippen molar-refractivity contribution in [2.24, 2.45) is 0 Å². The van der Waals surface area contributed by atoms with E-state index in [0.717, 1.165) is 22.2 Å². The lowest BCUT2D eigenvalue weighted by molar-refractivity contribution is -0.114. The van der Waals surface area contributed by atoms with E-state index in [9.17, 15) is 4.79 Å². The highest BCUT2D eigenvalue weighted by Crippen LogP contribution is 2.37. The Labute approximate surface area is 133 Å². The fourth-order valence-electron chi connectivity index (χ4n) is 2.71. The van der Waals surface area contributed by atoms with Gasteiger partial charge in [-0.3, -0.25) is 9.78 Å². The number of carbonyl (C=O) groups is 1. The molecule has 1 aromatic heterocycles. The maximum Gasteiger partial charge on any atom is 0.221 e. The van der Waals surface area contributed by atoms with Crippen LogP contribution in [0.2, 0.25) is 0 Å². The smallest absolute Gasteiger partial charge is 0.221 e. The summed E-state index contributed by atoms with van der Waals surface area (Å²) in [6.45, 7) is 14.5. The number of aromatic nitrogens is 1. The molecule has 0 spiro atoms. The predicted molar refractivity (Wildman–Crippen MR) is 93.4 cm³/mol. The van der Waals surface area contributed by atoms with E-state index >= 15 is 0 Å². The van der Waals surface area contributed by atoms with Crippen LogP contribution in [0.1, 0.15) is 59.6 Å². The third kappa shape index (κ3) is 3.13. The number of hydrogen-bond acceptors (Lipinski definition) is 2. The quantitative estimate of drug-likeness (QED) is 0.822. The standard InChI is InChI=1S/C19H26N2O/c1-12(22)21-17-13-9-8-10-14(18(2,3)4)16(13)20-11-15(17)19(5,6)7/h8-11H,1-7H3,(H,20,21,22). The molecule has 118 valence electrons. The number of amides is 1. The summed E-state index contributed by atoms with van der Waals surface area (Å²) in [5.41, 5.74) is 4.01. The van der Waals surface area contributed by atoms with Crippen LogP contribution < -0.4 is 5.32 Å². The van der Waals surface area contributed by atoms with Gasteiger partial charge in [0.2, 0.25) is 5.91 Å². The molecule has 3 nitrogen and oxygen atoms in total. The first kappa shape index (κ1) is 16.5. The van der Waals surface area contributed by atoms with Crippen molar-refractivity contribution in [1.82, 2.24) is 4.98 Å². The molecule has 1 amide bonds. The SMILES string of the molecule is CC(=O)Nc1c(C(C)(C)C)cnc2c(C(C)(C)C)cccc12. The zero-order chi connectivity index (χ0) is 16.7. The number of benzene rings is 1. The minimum atomic E-state index is -0.0866. The number of carbonyl (C=O) groups excluding carboxylic acids is 1. The van der Waals surface area contributed by atoms with Gasteiger partial charge in [0.15, 0.2) is 0 Å². The lowest BCUT2D eigenvalue weighted by Crippen LogP contribution is -2.19. The average molecular weight is 298 g/mol. The van der Waals surface area contributed by atoms with Gasteiger partial charge in [0.25, 0.3) is 0 Å². The number of hydrogen-bond donors (Lipinski definition) is 1. The van der Waals surface area contributed by atoms with Crippen LogP contribution in [0.4, 0.5) is 5.69 Å². The molecule has 2 rings (SSSR count). The van der Waals surface area contributed by atoms with Gasteiger partial charge in [0.05, 0.1) is 11.2 Å². The molecule has 2 aromatic rings. The lowest BCUT2D eigenvalue weighted by Gasteiger charge is -2.26. The molecule has 0 aliphatic carbocycles. The van der Waals surface area contributed by atoms with Crippen molar-refractivity contribution in [1.29, 1.82) is 0 Å². The number of anilines is 1. The molecule has 0 unspecified atom stereocenters. The summed E-state index contributed by atoms with van der Waals surface area (Å²) in [6.07, 6.45) is 1.91. The fourth-order valence-corrected chi connectivity index (χ4v) is 2.71. The third-order valence-corrected chi connectivity index (χ3v) is 3.81. The van der Waals surface area contributed by atoms with Crippen LogP contribution in [0.3, 0.4) is 0 Å². The second-order valence-corrected chi connectivity index (χ2v) is 7.93. The minimum Gasteiger partial charge on any atom is -0.325 e. The Morgan fingerprint density at radius 2 is 1.59 bits per heavy atom. The minimum absolute atomic E-state index is 0.00323. The van der Waals surface area contributed by atoms with Crippen molar-refractivity contribution in [3.63, 3.8) is 0 Å². The Balaban J connectivity index is 2.85. The number of nitrogens with one attached hydrogen (secondary N) is 1. The summed E-state index contributed by atoms with van der Waals surface area (Å²) in [4.78, 5) is 16.4. The number of rotatable bonds is 1. The molecule has 0 bridgehead atoms. The maximum absolute atomic E-state index is 11.7. The van der Waals surface area contributed by atoms with Crippen LogP contribution >= 0.6 is 0 Å². The highest BCUT2D eigenvalue weighted by Gasteiger charge is 2.24. The molecule has 0 saturated carbocycles. The van der Waals surface area contributed by atoms with Gasteiger partial charge >= 0.3 is 0 Å². The fraction of sp³-hybridized carbons (Fsp3) is 0.474. The molecule has 1 N–H and O–H groups in total. The summed E-state index contributed by atoms with van der Waals surface area (Å²) in [5.74, 6) is -0.0563. The molecule has 0 aliphatic rings. The van der Waals surface area contributed by atoms with Crippen LogP contribution in [0.15, 0.2) is 24.4 Å². The number of fused-ring (bicyclic) bond motifs is 1. The van der Waals surface area contributed by atoms with E-state index in [0.29, 0.717) is 0 Å². The Hall–Kier alpha value is -1.90. The Kier molecular flexibility index (Phi) is 4.03. The van der Waals surface area contributed by atoms with E-state index < -0.39 is 0 Å². The number of para-hydroxylation sites is 1. The van der Waals surface area contributed by atoms with Crippen LogP contribution in [0.5, 0.6) is 0 Å². The van der Waals surface area contributed by atoms with Gasteiger partial charge in [-0.1, -0.05) is 59.7 Å². The van der Waals surface area contributed by atoms with Gasteiger partial charge in [-0.15, -0.1) is 0 Å². The third-order valence-electron chi connectivity index (χ3n) is 3.81. The summed E-state index contributed by atoms with van der Waals surface area (Å²) in [6, 6.07) is 6.20. The zero-order valence-corrected chi connectivity index (χ0v) is 14.7. The summed E-state index contributed by atoms with van der Waals surface area (Å²) >= 11 is 0. The summed E-state index contributed by atoms with van der Waals surface area (Å²) in [5, 5.41) is 4.03. The van der Waals surface area contributed by atoms with E-state index in [-0.39, 0.29) is 16.7 Å².